The van der Waals surface area contributed by atoms with Crippen LogP contribution in [0.25, 0.3) is 0 Å². The van der Waals surface area contributed by atoms with Gasteiger partial charge in [-0.1, -0.05) is 18.2 Å². The minimum atomic E-state index is -1.56. The number of aliphatic hydroxyl groups is 1. The summed E-state index contributed by atoms with van der Waals surface area (Å²) in [5, 5.41) is 47.5. The van der Waals surface area contributed by atoms with Gasteiger partial charge in [0.2, 0.25) is 0 Å². The molecule has 0 heterocycles. The van der Waals surface area contributed by atoms with Crippen molar-refractivity contribution in [2.24, 2.45) is 0 Å². The molecule has 29 heavy (non-hydrogen) atoms. The van der Waals surface area contributed by atoms with E-state index in [4.69, 9.17) is 5.11 Å². The van der Waals surface area contributed by atoms with E-state index >= 15 is 0 Å². The lowest BCUT2D eigenvalue weighted by atomic mass is 9.91. The Bertz CT molecular complexity index is 978. The second-order valence-corrected chi connectivity index (χ2v) is 6.25. The molecule has 0 amide bonds. The fourth-order valence-corrected chi connectivity index (χ4v) is 2.84. The summed E-state index contributed by atoms with van der Waals surface area (Å²) >= 11 is 0. The average molecular weight is 402 g/mol. The third kappa shape index (κ3) is 4.96. The summed E-state index contributed by atoms with van der Waals surface area (Å²) in [5.41, 5.74) is -1.74. The normalized spacial score (nSPS) is 11.6. The van der Waals surface area contributed by atoms with Gasteiger partial charge in [0.25, 0.3) is 0 Å². The zero-order chi connectivity index (χ0) is 21.7. The number of phenols is 2. The van der Waals surface area contributed by atoms with Crippen molar-refractivity contribution in [3.05, 3.63) is 58.7 Å². The number of aliphatic carboxylic acids is 1. The molecule has 1 unspecified atom stereocenters. The summed E-state index contributed by atoms with van der Waals surface area (Å²) in [5.74, 6) is -5.64. The Morgan fingerprint density at radius 3 is 1.93 bits per heavy atom. The van der Waals surface area contributed by atoms with Crippen molar-refractivity contribution in [2.45, 2.75) is 25.4 Å². The van der Waals surface area contributed by atoms with E-state index in [1.54, 1.807) is 0 Å². The number of rotatable bonds is 9. The lowest BCUT2D eigenvalue weighted by Gasteiger charge is -2.13. The van der Waals surface area contributed by atoms with Gasteiger partial charge in [-0.2, -0.15) is 0 Å². The maximum Gasteiger partial charge on any atom is 0.340 e. The number of hydrogen-bond donors (Lipinski definition) is 5. The number of carbonyl (C=O) groups excluding carboxylic acids is 2. The second kappa shape index (κ2) is 8.98. The van der Waals surface area contributed by atoms with Gasteiger partial charge in [-0.3, -0.25) is 14.4 Å². The largest absolute Gasteiger partial charge is 0.507 e. The first-order chi connectivity index (χ1) is 13.6. The van der Waals surface area contributed by atoms with Gasteiger partial charge in [0.15, 0.2) is 11.6 Å². The second-order valence-electron chi connectivity index (χ2n) is 6.25. The SMILES string of the molecule is O=C(O)CC(O)CCC(=O)c1cccc(O)c1C(=O)c1cccc(O)c1C(=O)O. The first-order valence-corrected chi connectivity index (χ1v) is 8.48. The van der Waals surface area contributed by atoms with E-state index < -0.39 is 64.2 Å². The lowest BCUT2D eigenvalue weighted by molar-refractivity contribution is -0.139. The molecule has 0 aliphatic carbocycles. The van der Waals surface area contributed by atoms with Crippen LogP contribution in [0.4, 0.5) is 0 Å². The number of carboxylic acids is 2. The van der Waals surface area contributed by atoms with E-state index in [2.05, 4.69) is 0 Å². The highest BCUT2D eigenvalue weighted by Crippen LogP contribution is 2.29. The number of phenolic OH excluding ortho intramolecular Hbond substituents is 1. The van der Waals surface area contributed by atoms with E-state index in [1.165, 1.54) is 18.2 Å². The van der Waals surface area contributed by atoms with Gasteiger partial charge in [-0.15, -0.1) is 0 Å². The number of aliphatic hydroxyl groups excluding tert-OH is 1. The monoisotopic (exact) mass is 402 g/mol. The zero-order valence-corrected chi connectivity index (χ0v) is 15.0. The summed E-state index contributed by atoms with van der Waals surface area (Å²) in [7, 11) is 0. The van der Waals surface area contributed by atoms with Gasteiger partial charge in [0.1, 0.15) is 17.1 Å². The van der Waals surface area contributed by atoms with Crippen molar-refractivity contribution in [1.82, 2.24) is 0 Å². The number of benzene rings is 2. The Hall–Kier alpha value is -3.72. The van der Waals surface area contributed by atoms with E-state index in [0.29, 0.717) is 0 Å². The maximum atomic E-state index is 12.9. The lowest BCUT2D eigenvalue weighted by Crippen LogP contribution is -2.17. The number of aromatic carboxylic acids is 1. The molecule has 9 heteroatoms. The predicted octanol–water partition coefficient (Wildman–Crippen LogP) is 1.83. The minimum absolute atomic E-state index is 0.180. The summed E-state index contributed by atoms with van der Waals surface area (Å²) in [4.78, 5) is 47.5. The number of carboxylic acid groups (broad SMARTS) is 2. The molecule has 0 spiro atoms. The van der Waals surface area contributed by atoms with Gasteiger partial charge >= 0.3 is 11.9 Å². The Balaban J connectivity index is 2.42. The van der Waals surface area contributed by atoms with Gasteiger partial charge in [0.05, 0.1) is 18.1 Å². The van der Waals surface area contributed by atoms with Crippen molar-refractivity contribution in [3.8, 4) is 11.5 Å². The number of aromatic hydroxyl groups is 2. The topological polar surface area (TPSA) is 169 Å². The van der Waals surface area contributed by atoms with Gasteiger partial charge in [-0.05, 0) is 24.6 Å². The molecule has 2 aromatic carbocycles. The molecule has 2 rings (SSSR count). The van der Waals surface area contributed by atoms with Crippen LogP contribution >= 0.6 is 0 Å². The van der Waals surface area contributed by atoms with Crippen LogP contribution in [0.15, 0.2) is 36.4 Å². The molecule has 0 aliphatic heterocycles. The third-order valence-electron chi connectivity index (χ3n) is 4.19. The summed E-state index contributed by atoms with van der Waals surface area (Å²) < 4.78 is 0. The fourth-order valence-electron chi connectivity index (χ4n) is 2.84. The van der Waals surface area contributed by atoms with E-state index in [9.17, 15) is 39.6 Å². The first kappa shape index (κ1) is 21.6. The number of hydrogen-bond acceptors (Lipinski definition) is 7. The number of carbonyl (C=O) groups is 4. The van der Waals surface area contributed by atoms with Crippen LogP contribution in [0.1, 0.15) is 55.9 Å². The molecule has 0 saturated carbocycles. The molecule has 0 fully saturated rings. The summed E-state index contributed by atoms with van der Waals surface area (Å²) in [6.45, 7) is 0. The van der Waals surface area contributed by atoms with Crippen molar-refractivity contribution >= 4 is 23.5 Å². The van der Waals surface area contributed by atoms with Crippen LogP contribution in [-0.2, 0) is 4.79 Å². The molecule has 9 nitrogen and oxygen atoms in total. The van der Waals surface area contributed by atoms with E-state index in [1.807, 2.05) is 0 Å². The zero-order valence-electron chi connectivity index (χ0n) is 15.0. The smallest absolute Gasteiger partial charge is 0.340 e. The Kier molecular flexibility index (Phi) is 6.68. The third-order valence-corrected chi connectivity index (χ3v) is 4.19. The highest BCUT2D eigenvalue weighted by atomic mass is 16.4. The quantitative estimate of drug-likeness (QED) is 0.393. The Labute approximate surface area is 164 Å². The van der Waals surface area contributed by atoms with Crippen molar-refractivity contribution in [3.63, 3.8) is 0 Å². The highest BCUT2D eigenvalue weighted by molar-refractivity contribution is 6.20. The van der Waals surface area contributed by atoms with E-state index in [0.717, 1.165) is 18.2 Å². The van der Waals surface area contributed by atoms with Gasteiger partial charge in [0, 0.05) is 17.5 Å². The molecule has 152 valence electrons. The van der Waals surface area contributed by atoms with Crippen molar-refractivity contribution in [1.29, 1.82) is 0 Å². The number of ketones is 2. The fraction of sp³-hybridized carbons (Fsp3) is 0.200. The molecule has 0 saturated heterocycles. The maximum absolute atomic E-state index is 12.9. The molecule has 5 N–H and O–H groups in total. The first-order valence-electron chi connectivity index (χ1n) is 8.48. The Morgan fingerprint density at radius 1 is 0.828 bits per heavy atom. The van der Waals surface area contributed by atoms with Crippen molar-refractivity contribution < 1.29 is 44.7 Å². The highest BCUT2D eigenvalue weighted by Gasteiger charge is 2.27. The van der Waals surface area contributed by atoms with Crippen LogP contribution < -0.4 is 0 Å². The molecule has 0 bridgehead atoms. The standard InChI is InChI=1S/C20H18O9/c21-10(9-16(25)26)7-8-13(22)11-3-1-5-14(23)17(11)19(27)12-4-2-6-15(24)18(12)20(28)29/h1-6,10,21,23-24H,7-9H2,(H,25,26)(H,28,29). The summed E-state index contributed by atoms with van der Waals surface area (Å²) in [6.07, 6.45) is -2.30. The van der Waals surface area contributed by atoms with Crippen LogP contribution in [0.5, 0.6) is 11.5 Å². The number of Topliss-reactive ketones (excluding diaryl/α,β-unsaturated/α-hetero) is 1. The van der Waals surface area contributed by atoms with Gasteiger partial charge < -0.3 is 25.5 Å². The minimum Gasteiger partial charge on any atom is -0.507 e. The molecule has 0 aliphatic rings. The summed E-state index contributed by atoms with van der Waals surface area (Å²) in [6, 6.07) is 7.19. The molecular weight excluding hydrogens is 384 g/mol. The molecule has 0 radical (unpaired) electrons. The van der Waals surface area contributed by atoms with Crippen LogP contribution in [0.3, 0.4) is 0 Å². The molecule has 0 aromatic heterocycles. The van der Waals surface area contributed by atoms with Crippen LogP contribution in [0, 0.1) is 0 Å². The van der Waals surface area contributed by atoms with Crippen LogP contribution in [-0.4, -0.2) is 55.1 Å². The van der Waals surface area contributed by atoms with Crippen LogP contribution in [0.2, 0.25) is 0 Å². The Morgan fingerprint density at radius 2 is 1.38 bits per heavy atom. The average Bonchev–Trinajstić information content (AvgIpc) is 2.64. The molecular formula is C20H18O9. The molecule has 1 atom stereocenters. The van der Waals surface area contributed by atoms with Gasteiger partial charge in [-0.25, -0.2) is 4.79 Å². The molecule has 2 aromatic rings. The van der Waals surface area contributed by atoms with E-state index in [-0.39, 0.29) is 18.4 Å². The predicted molar refractivity (Wildman–Crippen MR) is 98.4 cm³/mol. The van der Waals surface area contributed by atoms with Crippen molar-refractivity contribution in [2.75, 3.05) is 0 Å².